The molecule has 0 saturated carbocycles. The second-order valence-electron chi connectivity index (χ2n) is 2.90. The summed E-state index contributed by atoms with van der Waals surface area (Å²) in [5.74, 6) is -0.292. The molecule has 14 heavy (non-hydrogen) atoms. The third-order valence-electron chi connectivity index (χ3n) is 1.91. The lowest BCUT2D eigenvalue weighted by molar-refractivity contribution is -0.385. The number of rotatable bonds is 3. The summed E-state index contributed by atoms with van der Waals surface area (Å²) in [6.45, 7) is 1.31. The Kier molecular flexibility index (Phi) is 2.93. The van der Waals surface area contributed by atoms with Crippen LogP contribution in [0.3, 0.4) is 0 Å². The van der Waals surface area contributed by atoms with Gasteiger partial charge in [0, 0.05) is 6.07 Å². The number of para-hydroxylation sites is 1. The number of carbonyl (C=O) groups is 1. The van der Waals surface area contributed by atoms with E-state index in [1.807, 2.05) is 0 Å². The average molecular weight is 194 g/mol. The minimum atomic E-state index is -0.920. The van der Waals surface area contributed by atoms with E-state index in [1.54, 1.807) is 6.07 Å². The Hall–Kier alpha value is -1.75. The molecule has 74 valence electrons. The molecule has 2 N–H and O–H groups in total. The van der Waals surface area contributed by atoms with Crippen molar-refractivity contribution >= 4 is 11.5 Å². The molecule has 0 aliphatic heterocycles. The van der Waals surface area contributed by atoms with Crippen LogP contribution in [0.25, 0.3) is 0 Å². The molecule has 5 heteroatoms. The summed E-state index contributed by atoms with van der Waals surface area (Å²) in [7, 11) is 0. The summed E-state index contributed by atoms with van der Waals surface area (Å²) in [6, 6.07) is 5.05. The fourth-order valence-electron chi connectivity index (χ4n) is 1.14. The molecular formula is C9H10N2O3. The fourth-order valence-corrected chi connectivity index (χ4v) is 1.14. The standard InChI is InChI=1S/C9H10N2O3/c1-6(12)9(10)7-4-2-3-5-8(7)11(13)14/h2-5,9H,10H2,1H3. The summed E-state index contributed by atoms with van der Waals surface area (Å²) in [4.78, 5) is 21.0. The molecule has 0 radical (unpaired) electrons. The molecule has 0 saturated heterocycles. The molecule has 0 aliphatic rings. The number of nitro groups is 1. The largest absolute Gasteiger partial charge is 0.318 e. The quantitative estimate of drug-likeness (QED) is 0.578. The maximum Gasteiger partial charge on any atom is 0.274 e. The molecule has 1 atom stereocenters. The van der Waals surface area contributed by atoms with Gasteiger partial charge in [-0.05, 0) is 6.92 Å². The van der Waals surface area contributed by atoms with E-state index in [2.05, 4.69) is 0 Å². The van der Waals surface area contributed by atoms with Gasteiger partial charge in [0.05, 0.1) is 16.5 Å². The Morgan fingerprint density at radius 3 is 2.57 bits per heavy atom. The summed E-state index contributed by atoms with van der Waals surface area (Å²) < 4.78 is 0. The van der Waals surface area contributed by atoms with Gasteiger partial charge in [0.1, 0.15) is 0 Å². The third-order valence-corrected chi connectivity index (χ3v) is 1.91. The second-order valence-corrected chi connectivity index (χ2v) is 2.90. The van der Waals surface area contributed by atoms with Gasteiger partial charge in [-0.15, -0.1) is 0 Å². The van der Waals surface area contributed by atoms with Crippen molar-refractivity contribution in [3.8, 4) is 0 Å². The molecule has 1 unspecified atom stereocenters. The number of Topliss-reactive ketones (excluding diaryl/α,β-unsaturated/α-hetero) is 1. The molecule has 1 aromatic carbocycles. The minimum absolute atomic E-state index is 0.116. The topological polar surface area (TPSA) is 86.2 Å². The van der Waals surface area contributed by atoms with Gasteiger partial charge in [0.15, 0.2) is 5.78 Å². The van der Waals surface area contributed by atoms with Crippen LogP contribution in [-0.4, -0.2) is 10.7 Å². The van der Waals surface area contributed by atoms with Crippen LogP contribution in [-0.2, 0) is 4.79 Å². The zero-order valence-electron chi connectivity index (χ0n) is 7.64. The van der Waals surface area contributed by atoms with E-state index in [-0.39, 0.29) is 17.0 Å². The molecular weight excluding hydrogens is 184 g/mol. The Morgan fingerprint density at radius 2 is 2.07 bits per heavy atom. The highest BCUT2D eigenvalue weighted by molar-refractivity contribution is 5.83. The van der Waals surface area contributed by atoms with Crippen molar-refractivity contribution in [3.63, 3.8) is 0 Å². The maximum absolute atomic E-state index is 11.0. The fraction of sp³-hybridized carbons (Fsp3) is 0.222. The zero-order valence-corrected chi connectivity index (χ0v) is 7.64. The van der Waals surface area contributed by atoms with Crippen LogP contribution >= 0.6 is 0 Å². The lowest BCUT2D eigenvalue weighted by atomic mass is 10.0. The predicted octanol–water partition coefficient (Wildman–Crippen LogP) is 1.18. The van der Waals surface area contributed by atoms with Gasteiger partial charge >= 0.3 is 0 Å². The Bertz CT molecular complexity index is 376. The van der Waals surface area contributed by atoms with Crippen molar-refractivity contribution in [2.75, 3.05) is 0 Å². The van der Waals surface area contributed by atoms with E-state index < -0.39 is 11.0 Å². The van der Waals surface area contributed by atoms with Crippen LogP contribution in [0.4, 0.5) is 5.69 Å². The van der Waals surface area contributed by atoms with Gasteiger partial charge in [0.2, 0.25) is 0 Å². The van der Waals surface area contributed by atoms with E-state index in [0.717, 1.165) is 0 Å². The smallest absolute Gasteiger partial charge is 0.274 e. The van der Waals surface area contributed by atoms with Crippen molar-refractivity contribution in [2.24, 2.45) is 5.73 Å². The number of nitrogens with two attached hydrogens (primary N) is 1. The number of nitrogens with zero attached hydrogens (tertiary/aromatic N) is 1. The van der Waals surface area contributed by atoms with Crippen LogP contribution in [0.2, 0.25) is 0 Å². The number of benzene rings is 1. The van der Waals surface area contributed by atoms with Crippen molar-refractivity contribution in [1.29, 1.82) is 0 Å². The van der Waals surface area contributed by atoms with Gasteiger partial charge in [-0.2, -0.15) is 0 Å². The third kappa shape index (κ3) is 1.94. The molecule has 1 aromatic rings. The summed E-state index contributed by atoms with van der Waals surface area (Å²) in [6.07, 6.45) is 0. The molecule has 0 amide bonds. The Balaban J connectivity index is 3.19. The van der Waals surface area contributed by atoms with E-state index >= 15 is 0 Å². The zero-order chi connectivity index (χ0) is 10.7. The molecule has 0 aromatic heterocycles. The van der Waals surface area contributed by atoms with E-state index in [9.17, 15) is 14.9 Å². The molecule has 5 nitrogen and oxygen atoms in total. The number of nitro benzene ring substituents is 1. The summed E-state index contributed by atoms with van der Waals surface area (Å²) in [5.41, 5.74) is 5.66. The number of hydrogen-bond acceptors (Lipinski definition) is 4. The van der Waals surface area contributed by atoms with E-state index in [1.165, 1.54) is 25.1 Å². The second kappa shape index (κ2) is 3.97. The van der Waals surface area contributed by atoms with Gasteiger partial charge < -0.3 is 5.73 Å². The number of carbonyl (C=O) groups excluding carboxylic acids is 1. The van der Waals surface area contributed by atoms with Crippen molar-refractivity contribution in [1.82, 2.24) is 0 Å². The summed E-state index contributed by atoms with van der Waals surface area (Å²) in [5, 5.41) is 10.6. The first-order valence-electron chi connectivity index (χ1n) is 4.03. The first-order valence-corrected chi connectivity index (χ1v) is 4.03. The average Bonchev–Trinajstić information content (AvgIpc) is 2.16. The van der Waals surface area contributed by atoms with E-state index in [0.29, 0.717) is 0 Å². The lowest BCUT2D eigenvalue weighted by Gasteiger charge is -2.07. The Labute approximate surface area is 80.7 Å². The first kappa shape index (κ1) is 10.3. The molecule has 0 spiro atoms. The molecule has 1 rings (SSSR count). The van der Waals surface area contributed by atoms with Gasteiger partial charge in [-0.25, -0.2) is 0 Å². The highest BCUT2D eigenvalue weighted by Crippen LogP contribution is 2.23. The predicted molar refractivity (Wildman–Crippen MR) is 50.7 cm³/mol. The van der Waals surface area contributed by atoms with Crippen molar-refractivity contribution in [2.45, 2.75) is 13.0 Å². The number of ketones is 1. The van der Waals surface area contributed by atoms with Crippen LogP contribution in [0, 0.1) is 10.1 Å². The van der Waals surface area contributed by atoms with Crippen molar-refractivity contribution < 1.29 is 9.72 Å². The summed E-state index contributed by atoms with van der Waals surface area (Å²) >= 11 is 0. The molecule has 0 bridgehead atoms. The van der Waals surface area contributed by atoms with Crippen LogP contribution in [0.5, 0.6) is 0 Å². The van der Waals surface area contributed by atoms with E-state index in [4.69, 9.17) is 5.73 Å². The van der Waals surface area contributed by atoms with Crippen LogP contribution < -0.4 is 5.73 Å². The van der Waals surface area contributed by atoms with Gasteiger partial charge in [-0.1, -0.05) is 18.2 Å². The highest BCUT2D eigenvalue weighted by atomic mass is 16.6. The van der Waals surface area contributed by atoms with Crippen molar-refractivity contribution in [3.05, 3.63) is 39.9 Å². The van der Waals surface area contributed by atoms with Gasteiger partial charge in [-0.3, -0.25) is 14.9 Å². The Morgan fingerprint density at radius 1 is 1.50 bits per heavy atom. The molecule has 0 aliphatic carbocycles. The van der Waals surface area contributed by atoms with Gasteiger partial charge in [0.25, 0.3) is 5.69 Å². The molecule has 0 fully saturated rings. The normalized spacial score (nSPS) is 12.1. The maximum atomic E-state index is 11.0. The number of hydrogen-bond donors (Lipinski definition) is 1. The SMILES string of the molecule is CC(=O)C(N)c1ccccc1[N+](=O)[O-]. The minimum Gasteiger partial charge on any atom is -0.318 e. The first-order chi connectivity index (χ1) is 6.54. The highest BCUT2D eigenvalue weighted by Gasteiger charge is 2.21. The lowest BCUT2D eigenvalue weighted by Crippen LogP contribution is -2.19. The van der Waals surface area contributed by atoms with Crippen LogP contribution in [0.1, 0.15) is 18.5 Å². The monoisotopic (exact) mass is 194 g/mol. The molecule has 0 heterocycles. The van der Waals surface area contributed by atoms with Crippen LogP contribution in [0.15, 0.2) is 24.3 Å².